The first kappa shape index (κ1) is 44.2. The Kier molecular flexibility index (Phi) is 14.3. The molecule has 51 heavy (non-hydrogen) atoms. The molecule has 8 N–H and O–H groups in total. The molecule has 1 heterocycles. The van der Waals surface area contributed by atoms with Crippen LogP contribution in [-0.4, -0.2) is 128 Å². The molecule has 1 saturated heterocycles. The van der Waals surface area contributed by atoms with Gasteiger partial charge in [0.2, 0.25) is 10.4 Å². The Balaban J connectivity index is 0.00000583. The molecule has 4 aliphatic carbocycles. The zero-order valence-electron chi connectivity index (χ0n) is 31.0. The number of hydrogen-bond acceptors (Lipinski definition) is 14. The summed E-state index contributed by atoms with van der Waals surface area (Å²) in [6.45, 7) is 9.69. The van der Waals surface area contributed by atoms with Gasteiger partial charge in [0, 0.05) is 12.3 Å². The van der Waals surface area contributed by atoms with E-state index in [2.05, 4.69) is 38.8 Å². The third-order valence-corrected chi connectivity index (χ3v) is 14.6. The van der Waals surface area contributed by atoms with Crippen LogP contribution in [0.15, 0.2) is 0 Å². The van der Waals surface area contributed by atoms with Gasteiger partial charge >= 0.3 is 29.6 Å². The van der Waals surface area contributed by atoms with E-state index in [1.165, 1.54) is 0 Å². The first-order valence-corrected chi connectivity index (χ1v) is 19.8. The molecule has 5 rings (SSSR count). The van der Waals surface area contributed by atoms with Gasteiger partial charge < -0.3 is 54.9 Å². The number of fused-ring (bicyclic) bond motifs is 5. The van der Waals surface area contributed by atoms with E-state index < -0.39 is 89.1 Å². The molecule has 0 radical (unpaired) electrons. The Morgan fingerprint density at radius 3 is 2.14 bits per heavy atom. The predicted molar refractivity (Wildman–Crippen MR) is 176 cm³/mol. The summed E-state index contributed by atoms with van der Waals surface area (Å²) in [4.78, 5) is 0. The van der Waals surface area contributed by atoms with Crippen molar-refractivity contribution in [2.75, 3.05) is 13.2 Å². The minimum absolute atomic E-state index is 0. The Hall–Kier alpha value is 0.470. The molecule has 0 aromatic carbocycles. The number of aliphatic hydroxyl groups is 8. The molecule has 5 aliphatic rings. The molecule has 292 valence electrons. The number of aliphatic hydroxyl groups excluding tert-OH is 7. The molecule has 0 amide bonds. The van der Waals surface area contributed by atoms with Crippen LogP contribution in [-0.2, 0) is 24.1 Å². The minimum Gasteiger partial charge on any atom is -0.726 e. The summed E-state index contributed by atoms with van der Waals surface area (Å²) in [6, 6.07) is 0. The molecule has 0 bridgehead atoms. The van der Waals surface area contributed by atoms with Crippen LogP contribution in [0.4, 0.5) is 0 Å². The summed E-state index contributed by atoms with van der Waals surface area (Å²) in [5, 5.41) is 88.5. The van der Waals surface area contributed by atoms with E-state index in [9.17, 15) is 53.8 Å². The second-order valence-corrected chi connectivity index (χ2v) is 18.4. The number of rotatable bonds is 12. The van der Waals surface area contributed by atoms with E-state index in [0.29, 0.717) is 32.1 Å². The quantitative estimate of drug-likeness (QED) is 0.0579. The van der Waals surface area contributed by atoms with Crippen molar-refractivity contribution in [2.24, 2.45) is 52.3 Å². The Labute approximate surface area is 324 Å². The SMILES string of the molecule is CC(C)[C@@H](CCOC1OC(COS(=O)(=O)[O-])C(O)C(O)C1O)CC[C@@H](C)[C@H]1[C@@H](O)[C@@H](O)C2[C@]3(O)C[C@H](O)C4C[C@@H](O)CC[C@]4(C)C3CC[C@@]21C.[Na+]. The Morgan fingerprint density at radius 1 is 0.863 bits per heavy atom. The molecule has 0 aromatic rings. The van der Waals surface area contributed by atoms with Gasteiger partial charge in [-0.25, -0.2) is 8.42 Å². The van der Waals surface area contributed by atoms with Crippen LogP contribution in [0, 0.1) is 52.3 Å². The molecular weight excluding hydrogens is 699 g/mol. The zero-order valence-corrected chi connectivity index (χ0v) is 33.8. The van der Waals surface area contributed by atoms with Crippen molar-refractivity contribution in [3.8, 4) is 0 Å². The Bertz CT molecular complexity index is 1280. The monoisotopic (exact) mass is 760 g/mol. The fraction of sp³-hybridized carbons (Fsp3) is 1.00. The van der Waals surface area contributed by atoms with Crippen LogP contribution in [0.2, 0.25) is 0 Å². The molecule has 8 unspecified atom stereocenters. The average Bonchev–Trinajstić information content (AvgIpc) is 3.23. The topological polar surface area (TPSA) is 247 Å². The summed E-state index contributed by atoms with van der Waals surface area (Å²) in [7, 11) is -5.07. The maximum absolute atomic E-state index is 12.6. The third-order valence-electron chi connectivity index (χ3n) is 14.2. The summed E-state index contributed by atoms with van der Waals surface area (Å²) in [5.41, 5.74) is -2.30. The third kappa shape index (κ3) is 8.45. The van der Waals surface area contributed by atoms with Crippen LogP contribution in [0.1, 0.15) is 92.4 Å². The van der Waals surface area contributed by atoms with Crippen LogP contribution in [0.5, 0.6) is 0 Å². The van der Waals surface area contributed by atoms with Gasteiger partial charge in [-0.2, -0.15) is 0 Å². The van der Waals surface area contributed by atoms with E-state index in [1.807, 2.05) is 0 Å². The van der Waals surface area contributed by atoms with Gasteiger partial charge in [0.25, 0.3) is 0 Å². The van der Waals surface area contributed by atoms with Crippen molar-refractivity contribution in [1.82, 2.24) is 0 Å². The predicted octanol–water partition coefficient (Wildman–Crippen LogP) is -2.58. The molecule has 14 nitrogen and oxygen atoms in total. The average molecular weight is 761 g/mol. The molecular formula is C35H61NaO14S. The van der Waals surface area contributed by atoms with Gasteiger partial charge in [0.1, 0.15) is 24.4 Å². The molecule has 16 heteroatoms. The first-order valence-electron chi connectivity index (χ1n) is 18.5. The Morgan fingerprint density at radius 2 is 1.51 bits per heavy atom. The van der Waals surface area contributed by atoms with Gasteiger partial charge in [0.15, 0.2) is 6.29 Å². The van der Waals surface area contributed by atoms with Crippen LogP contribution in [0.3, 0.4) is 0 Å². The van der Waals surface area contributed by atoms with Gasteiger partial charge in [-0.05, 0) is 91.3 Å². The summed E-state index contributed by atoms with van der Waals surface area (Å²) >= 11 is 0. The van der Waals surface area contributed by atoms with E-state index in [4.69, 9.17) is 9.47 Å². The normalized spacial score (nSPS) is 48.3. The van der Waals surface area contributed by atoms with E-state index in [0.717, 1.165) is 19.3 Å². The van der Waals surface area contributed by atoms with Crippen molar-refractivity contribution in [3.05, 3.63) is 0 Å². The maximum atomic E-state index is 12.6. The van der Waals surface area contributed by atoms with Crippen molar-refractivity contribution in [2.45, 2.75) is 153 Å². The second kappa shape index (κ2) is 16.5. The summed E-state index contributed by atoms with van der Waals surface area (Å²) in [5.74, 6) is -0.836. The first-order chi connectivity index (χ1) is 23.2. The van der Waals surface area contributed by atoms with Crippen molar-refractivity contribution >= 4 is 10.4 Å². The zero-order chi connectivity index (χ0) is 37.1. The van der Waals surface area contributed by atoms with Crippen LogP contribution in [0.25, 0.3) is 0 Å². The van der Waals surface area contributed by atoms with Crippen LogP contribution < -0.4 is 29.6 Å². The molecule has 4 saturated carbocycles. The van der Waals surface area contributed by atoms with Crippen molar-refractivity contribution in [3.63, 3.8) is 0 Å². The number of hydrogen-bond donors (Lipinski definition) is 8. The van der Waals surface area contributed by atoms with Gasteiger partial charge in [-0.1, -0.05) is 41.0 Å². The van der Waals surface area contributed by atoms with Crippen molar-refractivity contribution in [1.29, 1.82) is 0 Å². The summed E-state index contributed by atoms with van der Waals surface area (Å²) in [6.07, 6.45) is -5.95. The summed E-state index contributed by atoms with van der Waals surface area (Å²) < 4.78 is 48.0. The molecule has 0 spiro atoms. The van der Waals surface area contributed by atoms with E-state index in [1.54, 1.807) is 0 Å². The van der Waals surface area contributed by atoms with E-state index in [-0.39, 0.29) is 83.5 Å². The fourth-order valence-electron chi connectivity index (χ4n) is 11.7. The van der Waals surface area contributed by atoms with Gasteiger partial charge in [0.05, 0.1) is 43.2 Å². The fourth-order valence-corrected chi connectivity index (χ4v) is 12.0. The molecule has 18 atom stereocenters. The van der Waals surface area contributed by atoms with Crippen molar-refractivity contribution < 1.29 is 97.0 Å². The largest absolute Gasteiger partial charge is 1.00 e. The smallest absolute Gasteiger partial charge is 0.726 e. The molecule has 1 aliphatic heterocycles. The number of ether oxygens (including phenoxy) is 2. The molecule has 0 aromatic heterocycles. The second-order valence-electron chi connectivity index (χ2n) is 17.3. The standard InChI is InChI=1S/C35H62O14S.Na/c1-17(2)19(10-13-47-32-30(42)28(40)26(38)23(49-32)16-48-50(44,45)46)7-6-18(3)25-27(39)29(41)31-34(25,5)12-9-24-33(4)11-8-20(36)14-21(33)22(37)15-35(24,31)43;/h17-32,36-43H,6-16H2,1-5H3,(H,44,45,46);/q;+1/p-1/t18-,19-,20+,21?,22+,23?,24?,25+,26?,27-,28?,29-,30?,31?,32?,33+,34-,35+;/m1./s1. The van der Waals surface area contributed by atoms with E-state index >= 15 is 0 Å². The molecule has 5 fully saturated rings. The maximum Gasteiger partial charge on any atom is 1.00 e. The minimum atomic E-state index is -5.07. The van der Waals surface area contributed by atoms with Crippen LogP contribution >= 0.6 is 0 Å². The van der Waals surface area contributed by atoms with Gasteiger partial charge in [-0.3, -0.25) is 4.18 Å². The van der Waals surface area contributed by atoms with Gasteiger partial charge in [-0.15, -0.1) is 0 Å².